The van der Waals surface area contributed by atoms with Crippen molar-refractivity contribution in [3.05, 3.63) is 24.3 Å². The summed E-state index contributed by atoms with van der Waals surface area (Å²) in [6.07, 6.45) is 3.84. The van der Waals surface area contributed by atoms with Gasteiger partial charge in [-0.1, -0.05) is 19.1 Å². The van der Waals surface area contributed by atoms with Crippen LogP contribution in [-0.2, 0) is 14.3 Å². The van der Waals surface area contributed by atoms with Crippen molar-refractivity contribution in [3.8, 4) is 0 Å². The molecule has 0 amide bonds. The van der Waals surface area contributed by atoms with E-state index < -0.39 is 0 Å². The van der Waals surface area contributed by atoms with Gasteiger partial charge in [0.05, 0.1) is 26.4 Å². The van der Waals surface area contributed by atoms with Crippen LogP contribution in [0.25, 0.3) is 0 Å². The standard InChI is InChI=1S/C13H20O3/c1-4-5-12(14)11(2)6-7-15-8-13(3)9-16-10-13/h4,6H,1,5,7-10H2,2-3H3. The Kier molecular flexibility index (Phi) is 4.90. The van der Waals surface area contributed by atoms with E-state index >= 15 is 0 Å². The SMILES string of the molecule is C=CCC(=O)C(C)=CCOCC1(C)COC1. The lowest BCUT2D eigenvalue weighted by Gasteiger charge is -2.37. The molecule has 0 saturated carbocycles. The highest BCUT2D eigenvalue weighted by Gasteiger charge is 2.33. The molecule has 0 N–H and O–H groups in total. The van der Waals surface area contributed by atoms with Gasteiger partial charge in [0, 0.05) is 11.8 Å². The minimum atomic E-state index is 0.108. The summed E-state index contributed by atoms with van der Waals surface area (Å²) in [6, 6.07) is 0. The van der Waals surface area contributed by atoms with Crippen LogP contribution in [0, 0.1) is 5.41 Å². The van der Waals surface area contributed by atoms with Crippen LogP contribution in [0.1, 0.15) is 20.3 Å². The molecule has 1 fully saturated rings. The summed E-state index contributed by atoms with van der Waals surface area (Å²) in [6.45, 7) is 10.2. The van der Waals surface area contributed by atoms with Gasteiger partial charge in [-0.15, -0.1) is 6.58 Å². The molecule has 90 valence electrons. The molecule has 0 aromatic carbocycles. The fourth-order valence-electron chi connectivity index (χ4n) is 1.43. The largest absolute Gasteiger partial charge is 0.380 e. The summed E-state index contributed by atoms with van der Waals surface area (Å²) in [7, 11) is 0. The summed E-state index contributed by atoms with van der Waals surface area (Å²) >= 11 is 0. The quantitative estimate of drug-likeness (QED) is 0.377. The van der Waals surface area contributed by atoms with Crippen molar-refractivity contribution in [2.45, 2.75) is 20.3 Å². The number of hydrogen-bond donors (Lipinski definition) is 0. The van der Waals surface area contributed by atoms with Crippen molar-refractivity contribution in [2.75, 3.05) is 26.4 Å². The van der Waals surface area contributed by atoms with Crippen molar-refractivity contribution < 1.29 is 14.3 Å². The average Bonchev–Trinajstić information content (AvgIpc) is 2.22. The molecule has 3 nitrogen and oxygen atoms in total. The van der Waals surface area contributed by atoms with Gasteiger partial charge in [0.2, 0.25) is 0 Å². The Bertz CT molecular complexity index is 288. The maximum absolute atomic E-state index is 11.4. The minimum Gasteiger partial charge on any atom is -0.380 e. The topological polar surface area (TPSA) is 35.5 Å². The number of Topliss-reactive ketones (excluding diaryl/α,β-unsaturated/α-hetero) is 1. The molecule has 0 aliphatic carbocycles. The second-order valence-corrected chi connectivity index (χ2v) is 4.62. The van der Waals surface area contributed by atoms with Gasteiger partial charge in [0.1, 0.15) is 0 Å². The van der Waals surface area contributed by atoms with Crippen LogP contribution in [0.5, 0.6) is 0 Å². The molecule has 1 heterocycles. The van der Waals surface area contributed by atoms with E-state index in [2.05, 4.69) is 13.5 Å². The van der Waals surface area contributed by atoms with E-state index in [9.17, 15) is 4.79 Å². The Morgan fingerprint density at radius 3 is 2.75 bits per heavy atom. The molecule has 3 heteroatoms. The van der Waals surface area contributed by atoms with Crippen LogP contribution in [0.3, 0.4) is 0 Å². The van der Waals surface area contributed by atoms with Gasteiger partial charge >= 0.3 is 0 Å². The van der Waals surface area contributed by atoms with Gasteiger partial charge in [-0.25, -0.2) is 0 Å². The zero-order chi connectivity index (χ0) is 12.0. The summed E-state index contributed by atoms with van der Waals surface area (Å²) in [5, 5.41) is 0. The maximum atomic E-state index is 11.4. The van der Waals surface area contributed by atoms with Crippen LogP contribution in [0.15, 0.2) is 24.3 Å². The van der Waals surface area contributed by atoms with Gasteiger partial charge in [0.25, 0.3) is 0 Å². The zero-order valence-corrected chi connectivity index (χ0v) is 10.1. The Balaban J connectivity index is 2.20. The van der Waals surface area contributed by atoms with E-state index in [1.54, 1.807) is 6.08 Å². The van der Waals surface area contributed by atoms with Gasteiger partial charge < -0.3 is 9.47 Å². The second kappa shape index (κ2) is 5.97. The molecular weight excluding hydrogens is 204 g/mol. The molecule has 1 saturated heterocycles. The smallest absolute Gasteiger partial charge is 0.162 e. The van der Waals surface area contributed by atoms with Crippen LogP contribution in [-0.4, -0.2) is 32.2 Å². The third-order valence-electron chi connectivity index (χ3n) is 2.63. The maximum Gasteiger partial charge on any atom is 0.162 e. The molecule has 1 rings (SSSR count). The molecule has 0 aromatic rings. The molecule has 16 heavy (non-hydrogen) atoms. The summed E-state index contributed by atoms with van der Waals surface area (Å²) in [4.78, 5) is 11.4. The lowest BCUT2D eigenvalue weighted by Crippen LogP contribution is -2.43. The zero-order valence-electron chi connectivity index (χ0n) is 10.1. The predicted octanol–water partition coefficient (Wildman–Crippen LogP) is 2.13. The second-order valence-electron chi connectivity index (χ2n) is 4.62. The normalized spacial score (nSPS) is 19.0. The molecule has 0 bridgehead atoms. The number of rotatable bonds is 7. The molecular formula is C13H20O3. The van der Waals surface area contributed by atoms with E-state index in [1.807, 2.05) is 13.0 Å². The van der Waals surface area contributed by atoms with Crippen molar-refractivity contribution in [3.63, 3.8) is 0 Å². The summed E-state index contributed by atoms with van der Waals surface area (Å²) in [5.41, 5.74) is 0.919. The molecule has 0 radical (unpaired) electrons. The van der Waals surface area contributed by atoms with Crippen molar-refractivity contribution in [2.24, 2.45) is 5.41 Å². The molecule has 0 unspecified atom stereocenters. The highest BCUT2D eigenvalue weighted by molar-refractivity contribution is 5.95. The van der Waals surface area contributed by atoms with Crippen LogP contribution < -0.4 is 0 Å². The van der Waals surface area contributed by atoms with E-state index in [4.69, 9.17) is 9.47 Å². The highest BCUT2D eigenvalue weighted by atomic mass is 16.5. The van der Waals surface area contributed by atoms with E-state index in [0.717, 1.165) is 18.8 Å². The first-order valence-corrected chi connectivity index (χ1v) is 5.54. The van der Waals surface area contributed by atoms with E-state index in [-0.39, 0.29) is 11.2 Å². The summed E-state index contributed by atoms with van der Waals surface area (Å²) in [5.74, 6) is 0.108. The Morgan fingerprint density at radius 1 is 1.56 bits per heavy atom. The number of allylic oxidation sites excluding steroid dienone is 2. The summed E-state index contributed by atoms with van der Waals surface area (Å²) < 4.78 is 10.6. The minimum absolute atomic E-state index is 0.108. The van der Waals surface area contributed by atoms with Crippen molar-refractivity contribution in [1.29, 1.82) is 0 Å². The number of carbonyl (C=O) groups is 1. The molecule has 0 spiro atoms. The first kappa shape index (κ1) is 13.1. The lowest BCUT2D eigenvalue weighted by atomic mass is 9.90. The molecule has 0 atom stereocenters. The number of ketones is 1. The first-order valence-electron chi connectivity index (χ1n) is 5.54. The van der Waals surface area contributed by atoms with Gasteiger partial charge in [-0.2, -0.15) is 0 Å². The Morgan fingerprint density at radius 2 is 2.25 bits per heavy atom. The Hall–Kier alpha value is -0.930. The lowest BCUT2D eigenvalue weighted by molar-refractivity contribution is -0.135. The van der Waals surface area contributed by atoms with Crippen LogP contribution in [0.4, 0.5) is 0 Å². The number of carbonyl (C=O) groups excluding carboxylic acids is 1. The fourth-order valence-corrected chi connectivity index (χ4v) is 1.43. The monoisotopic (exact) mass is 224 g/mol. The van der Waals surface area contributed by atoms with Crippen LogP contribution in [0.2, 0.25) is 0 Å². The number of hydrogen-bond acceptors (Lipinski definition) is 3. The van der Waals surface area contributed by atoms with Crippen LogP contribution >= 0.6 is 0 Å². The Labute approximate surface area is 97.1 Å². The van der Waals surface area contributed by atoms with E-state index in [1.165, 1.54) is 0 Å². The molecule has 0 aromatic heterocycles. The van der Waals surface area contributed by atoms with Crippen molar-refractivity contribution in [1.82, 2.24) is 0 Å². The van der Waals surface area contributed by atoms with Crippen molar-refractivity contribution >= 4 is 5.78 Å². The third-order valence-corrected chi connectivity index (χ3v) is 2.63. The average molecular weight is 224 g/mol. The number of ether oxygens (including phenoxy) is 2. The highest BCUT2D eigenvalue weighted by Crippen LogP contribution is 2.26. The molecule has 1 aliphatic heterocycles. The van der Waals surface area contributed by atoms with Gasteiger partial charge in [-0.05, 0) is 12.5 Å². The molecule has 1 aliphatic rings. The fraction of sp³-hybridized carbons (Fsp3) is 0.615. The van der Waals surface area contributed by atoms with Gasteiger partial charge in [0.15, 0.2) is 5.78 Å². The van der Waals surface area contributed by atoms with Gasteiger partial charge in [-0.3, -0.25) is 4.79 Å². The first-order chi connectivity index (χ1) is 7.57. The predicted molar refractivity (Wildman–Crippen MR) is 63.3 cm³/mol. The third kappa shape index (κ3) is 3.91. The van der Waals surface area contributed by atoms with E-state index in [0.29, 0.717) is 19.6 Å².